The van der Waals surface area contributed by atoms with Crippen molar-refractivity contribution in [2.24, 2.45) is 0 Å². The van der Waals surface area contributed by atoms with Gasteiger partial charge in [0.05, 0.1) is 12.3 Å². The van der Waals surface area contributed by atoms with Crippen LogP contribution in [0.15, 0.2) is 97.2 Å². The molecule has 1 aromatic heterocycles. The minimum absolute atomic E-state index is 0.117. The Bertz CT molecular complexity index is 1080. The lowest BCUT2D eigenvalue weighted by Crippen LogP contribution is -2.61. The van der Waals surface area contributed by atoms with E-state index in [9.17, 15) is 0 Å². The zero-order chi connectivity index (χ0) is 21.0. The fraction of sp³-hybridized carbons (Fsp3) is 0.192. The van der Waals surface area contributed by atoms with Crippen LogP contribution in [-0.2, 0) is 16.1 Å². The third kappa shape index (κ3) is 3.89. The van der Waals surface area contributed by atoms with Crippen LogP contribution < -0.4 is 5.19 Å². The first-order valence-electron chi connectivity index (χ1n) is 10.4. The molecule has 4 heteroatoms. The van der Waals surface area contributed by atoms with E-state index in [-0.39, 0.29) is 5.04 Å². The molecule has 0 bridgehead atoms. The zero-order valence-corrected chi connectivity index (χ0v) is 18.8. The molecule has 0 saturated carbocycles. The summed E-state index contributed by atoms with van der Waals surface area (Å²) in [7, 11) is -2.40. The van der Waals surface area contributed by atoms with E-state index in [4.69, 9.17) is 9.41 Å². The van der Waals surface area contributed by atoms with E-state index < -0.39 is 8.32 Å². The van der Waals surface area contributed by atoms with E-state index in [2.05, 4.69) is 98.2 Å². The van der Waals surface area contributed by atoms with Crippen molar-refractivity contribution in [2.75, 3.05) is 0 Å². The number of rotatable bonds is 7. The van der Waals surface area contributed by atoms with Gasteiger partial charge in [0.15, 0.2) is 0 Å². The summed E-state index contributed by atoms with van der Waals surface area (Å²) in [6.07, 6.45) is 1.96. The number of benzene rings is 3. The molecule has 4 aromatic rings. The molecule has 30 heavy (non-hydrogen) atoms. The number of nitrogens with one attached hydrogen (secondary N) is 1. The van der Waals surface area contributed by atoms with E-state index in [1.807, 2.05) is 24.4 Å². The summed E-state index contributed by atoms with van der Waals surface area (Å²) >= 11 is 0. The zero-order valence-electron chi connectivity index (χ0n) is 17.8. The molecule has 0 saturated heterocycles. The second-order valence-corrected chi connectivity index (χ2v) is 12.5. The molecule has 1 heterocycles. The average Bonchev–Trinajstić information content (AvgIpc) is 3.28. The molecule has 0 radical (unpaired) electrons. The quantitative estimate of drug-likeness (QED) is 0.402. The summed E-state index contributed by atoms with van der Waals surface area (Å²) in [5.41, 5.74) is 3.30. The van der Waals surface area contributed by atoms with Crippen LogP contribution >= 0.6 is 0 Å². The van der Waals surface area contributed by atoms with Crippen molar-refractivity contribution < 1.29 is 4.43 Å². The van der Waals surface area contributed by atoms with Crippen LogP contribution in [0.1, 0.15) is 25.1 Å². The van der Waals surface area contributed by atoms with Gasteiger partial charge >= 0.3 is 0 Å². The van der Waals surface area contributed by atoms with Gasteiger partial charge < -0.3 is 9.41 Å². The average molecular weight is 413 g/mol. The molecule has 3 aromatic carbocycles. The molecule has 0 fully saturated rings. The number of hydrogen-bond donors (Lipinski definition) is 1. The van der Waals surface area contributed by atoms with Crippen LogP contribution in [0.25, 0.3) is 11.4 Å². The largest absolute Gasteiger partial charge is 0.406 e. The van der Waals surface area contributed by atoms with Gasteiger partial charge in [-0.05, 0) is 17.3 Å². The van der Waals surface area contributed by atoms with E-state index in [1.54, 1.807) is 0 Å². The second kappa shape index (κ2) is 8.42. The lowest BCUT2D eigenvalue weighted by molar-refractivity contribution is 0.276. The Morgan fingerprint density at radius 3 is 2.03 bits per heavy atom. The standard InChI is InChI=1S/C26H28N2OSi/c1-26(2,22-15-9-5-10-16-22)30(3,24-17-11-6-12-18-24)29-20-23-19-27-25(28-23)21-13-7-4-8-14-21/h4-19H,20H2,1-3H3,(H,27,28). The number of imidazole rings is 1. The van der Waals surface area contributed by atoms with Crippen molar-refractivity contribution >= 4 is 13.5 Å². The van der Waals surface area contributed by atoms with E-state index in [0.717, 1.165) is 17.1 Å². The minimum atomic E-state index is -2.40. The van der Waals surface area contributed by atoms with Gasteiger partial charge in [0, 0.05) is 16.8 Å². The van der Waals surface area contributed by atoms with Crippen LogP contribution in [0.2, 0.25) is 6.55 Å². The van der Waals surface area contributed by atoms with Crippen molar-refractivity contribution in [3.63, 3.8) is 0 Å². The monoisotopic (exact) mass is 412 g/mol. The Morgan fingerprint density at radius 1 is 0.833 bits per heavy atom. The molecule has 0 aliphatic heterocycles. The van der Waals surface area contributed by atoms with Crippen LogP contribution in [0, 0.1) is 0 Å². The number of aromatic amines is 1. The van der Waals surface area contributed by atoms with Gasteiger partial charge in [-0.15, -0.1) is 0 Å². The molecular weight excluding hydrogens is 384 g/mol. The van der Waals surface area contributed by atoms with Crippen LogP contribution in [0.4, 0.5) is 0 Å². The molecule has 1 N–H and O–H groups in total. The Morgan fingerprint density at radius 2 is 1.40 bits per heavy atom. The van der Waals surface area contributed by atoms with Crippen molar-refractivity contribution in [2.45, 2.75) is 32.0 Å². The van der Waals surface area contributed by atoms with Crippen molar-refractivity contribution in [3.05, 3.63) is 108 Å². The van der Waals surface area contributed by atoms with Crippen molar-refractivity contribution in [3.8, 4) is 11.4 Å². The highest BCUT2D eigenvalue weighted by molar-refractivity contribution is 6.87. The molecule has 1 unspecified atom stereocenters. The van der Waals surface area contributed by atoms with Gasteiger partial charge in [-0.1, -0.05) is 105 Å². The summed E-state index contributed by atoms with van der Waals surface area (Å²) in [6, 6.07) is 31.6. The van der Waals surface area contributed by atoms with Gasteiger partial charge in [-0.2, -0.15) is 0 Å². The first kappa shape index (κ1) is 20.3. The second-order valence-electron chi connectivity index (χ2n) is 8.29. The number of aromatic nitrogens is 2. The highest BCUT2D eigenvalue weighted by atomic mass is 28.4. The Kier molecular flexibility index (Phi) is 5.71. The molecule has 152 valence electrons. The lowest BCUT2D eigenvalue weighted by Gasteiger charge is -2.42. The fourth-order valence-electron chi connectivity index (χ4n) is 3.91. The van der Waals surface area contributed by atoms with E-state index in [1.165, 1.54) is 10.8 Å². The lowest BCUT2D eigenvalue weighted by atomic mass is 10.0. The molecule has 0 amide bonds. The van der Waals surface area contributed by atoms with Gasteiger partial charge in [-0.3, -0.25) is 0 Å². The SMILES string of the molecule is CC(C)(c1ccccc1)[Si](C)(OCc1c[nH]c(-c2ccccc2)n1)c1ccccc1. The summed E-state index contributed by atoms with van der Waals surface area (Å²) in [4.78, 5) is 8.07. The fourth-order valence-corrected chi connectivity index (χ4v) is 7.14. The maximum atomic E-state index is 6.83. The number of nitrogens with zero attached hydrogens (tertiary/aromatic N) is 1. The molecule has 1 atom stereocenters. The number of hydrogen-bond acceptors (Lipinski definition) is 2. The van der Waals surface area contributed by atoms with Crippen molar-refractivity contribution in [1.29, 1.82) is 0 Å². The van der Waals surface area contributed by atoms with Gasteiger partial charge in [0.1, 0.15) is 5.82 Å². The topological polar surface area (TPSA) is 37.9 Å². The van der Waals surface area contributed by atoms with Crippen LogP contribution in [0.3, 0.4) is 0 Å². The minimum Gasteiger partial charge on any atom is -0.406 e. The summed E-state index contributed by atoms with van der Waals surface area (Å²) in [6.45, 7) is 7.42. The van der Waals surface area contributed by atoms with E-state index in [0.29, 0.717) is 6.61 Å². The van der Waals surface area contributed by atoms with Gasteiger partial charge in [0.25, 0.3) is 0 Å². The predicted octanol–water partition coefficient (Wildman–Crippen LogP) is 5.59. The maximum Gasteiger partial charge on any atom is 0.231 e. The molecule has 0 aliphatic rings. The first-order chi connectivity index (χ1) is 14.5. The van der Waals surface area contributed by atoms with Gasteiger partial charge in [-0.25, -0.2) is 4.98 Å². The maximum absolute atomic E-state index is 6.83. The van der Waals surface area contributed by atoms with Gasteiger partial charge in [0.2, 0.25) is 8.32 Å². The molecule has 3 nitrogen and oxygen atoms in total. The van der Waals surface area contributed by atoms with Crippen molar-refractivity contribution in [1.82, 2.24) is 9.97 Å². The Labute approximate surface area is 179 Å². The number of H-pyrrole nitrogens is 1. The summed E-state index contributed by atoms with van der Waals surface area (Å²) in [5.74, 6) is 0.875. The smallest absolute Gasteiger partial charge is 0.231 e. The van der Waals surface area contributed by atoms with E-state index >= 15 is 0 Å². The third-order valence-electron chi connectivity index (χ3n) is 6.20. The van der Waals surface area contributed by atoms with Crippen LogP contribution in [0.5, 0.6) is 0 Å². The molecule has 0 spiro atoms. The highest BCUT2D eigenvalue weighted by Gasteiger charge is 2.48. The predicted molar refractivity (Wildman–Crippen MR) is 126 cm³/mol. The molecule has 4 rings (SSSR count). The highest BCUT2D eigenvalue weighted by Crippen LogP contribution is 2.35. The molecular formula is C26H28N2OSi. The summed E-state index contributed by atoms with van der Waals surface area (Å²) < 4.78 is 6.83. The Hall–Kier alpha value is -2.95. The molecule has 0 aliphatic carbocycles. The summed E-state index contributed by atoms with van der Waals surface area (Å²) in [5, 5.41) is 1.17. The van der Waals surface area contributed by atoms with Crippen LogP contribution in [-0.4, -0.2) is 18.3 Å². The first-order valence-corrected chi connectivity index (χ1v) is 12.8. The Balaban J connectivity index is 1.64. The normalized spacial score (nSPS) is 13.7. The third-order valence-corrected chi connectivity index (χ3v) is 11.0.